The highest BCUT2D eigenvalue weighted by Gasteiger charge is 2.57. The maximum Gasteiger partial charge on any atom is 0.334 e. The lowest BCUT2D eigenvalue weighted by atomic mass is 9.76. The van der Waals surface area contributed by atoms with E-state index in [0.717, 1.165) is 0 Å². The Labute approximate surface area is 183 Å². The van der Waals surface area contributed by atoms with Crippen LogP contribution in [0.1, 0.15) is 60.8 Å². The molecule has 1 N–H and O–H groups in total. The summed E-state index contributed by atoms with van der Waals surface area (Å²) in [7, 11) is 0. The maximum atomic E-state index is 13.3. The van der Waals surface area contributed by atoms with Crippen LogP contribution in [0.5, 0.6) is 0 Å². The average Bonchev–Trinajstić information content (AvgIpc) is 2.96. The standard InChI is InChI=1S/C23H34O8/c1-11(2)20(25)29-17-15-14(6)22(27)30-18(15)19(31-21(26)12(3)4)23(7,28)10-8-9-13(5)16(17)24/h11-13,15,17-19,28H,6,8-10H2,1-5,7H3/t13-,15-,17-,18+,19-,23+/m0/s1. The zero-order valence-corrected chi connectivity index (χ0v) is 19.2. The molecule has 1 aliphatic carbocycles. The van der Waals surface area contributed by atoms with Gasteiger partial charge in [0.05, 0.1) is 17.8 Å². The Kier molecular flexibility index (Phi) is 7.68. The van der Waals surface area contributed by atoms with Crippen molar-refractivity contribution in [3.05, 3.63) is 12.2 Å². The van der Waals surface area contributed by atoms with Crippen LogP contribution in [0.15, 0.2) is 12.2 Å². The summed E-state index contributed by atoms with van der Waals surface area (Å²) in [6, 6.07) is 0. The van der Waals surface area contributed by atoms with Crippen molar-refractivity contribution in [1.82, 2.24) is 0 Å². The predicted molar refractivity (Wildman–Crippen MR) is 111 cm³/mol. The summed E-state index contributed by atoms with van der Waals surface area (Å²) in [6.07, 6.45) is -2.66. The Morgan fingerprint density at radius 1 is 1.13 bits per heavy atom. The van der Waals surface area contributed by atoms with Crippen molar-refractivity contribution in [2.24, 2.45) is 23.7 Å². The number of rotatable bonds is 4. The normalized spacial score (nSPS) is 34.4. The van der Waals surface area contributed by atoms with Crippen molar-refractivity contribution in [2.45, 2.75) is 84.7 Å². The van der Waals surface area contributed by atoms with Gasteiger partial charge in [-0.1, -0.05) is 41.2 Å². The first-order chi connectivity index (χ1) is 14.3. The van der Waals surface area contributed by atoms with Gasteiger partial charge in [0.2, 0.25) is 0 Å². The molecule has 174 valence electrons. The van der Waals surface area contributed by atoms with Crippen LogP contribution in [0.4, 0.5) is 0 Å². The van der Waals surface area contributed by atoms with E-state index >= 15 is 0 Å². The molecule has 0 amide bonds. The molecule has 0 aromatic carbocycles. The van der Waals surface area contributed by atoms with Crippen LogP contribution in [0.25, 0.3) is 0 Å². The number of ketones is 1. The van der Waals surface area contributed by atoms with Gasteiger partial charge in [-0.3, -0.25) is 14.4 Å². The van der Waals surface area contributed by atoms with Crippen molar-refractivity contribution in [3.8, 4) is 0 Å². The molecular formula is C23H34O8. The van der Waals surface area contributed by atoms with E-state index in [0.29, 0.717) is 12.8 Å². The molecule has 6 atom stereocenters. The van der Waals surface area contributed by atoms with E-state index in [1.807, 2.05) is 0 Å². The van der Waals surface area contributed by atoms with Gasteiger partial charge in [0.25, 0.3) is 0 Å². The molecule has 0 unspecified atom stereocenters. The molecule has 8 nitrogen and oxygen atoms in total. The van der Waals surface area contributed by atoms with Crippen LogP contribution < -0.4 is 0 Å². The lowest BCUT2D eigenvalue weighted by Gasteiger charge is -2.40. The smallest absolute Gasteiger partial charge is 0.334 e. The van der Waals surface area contributed by atoms with E-state index in [2.05, 4.69) is 6.58 Å². The van der Waals surface area contributed by atoms with Crippen molar-refractivity contribution in [1.29, 1.82) is 0 Å². The predicted octanol–water partition coefficient (Wildman–Crippen LogP) is 2.36. The number of carbonyl (C=O) groups excluding carboxylic acids is 4. The molecule has 0 aromatic rings. The van der Waals surface area contributed by atoms with Crippen LogP contribution in [0.3, 0.4) is 0 Å². The van der Waals surface area contributed by atoms with Gasteiger partial charge < -0.3 is 19.3 Å². The van der Waals surface area contributed by atoms with Crippen LogP contribution >= 0.6 is 0 Å². The first-order valence-corrected chi connectivity index (χ1v) is 10.8. The highest BCUT2D eigenvalue weighted by molar-refractivity contribution is 5.95. The highest BCUT2D eigenvalue weighted by atomic mass is 16.6. The van der Waals surface area contributed by atoms with Crippen LogP contribution in [-0.2, 0) is 33.4 Å². The molecular weight excluding hydrogens is 404 g/mol. The number of ether oxygens (including phenoxy) is 3. The molecule has 1 aliphatic heterocycles. The minimum Gasteiger partial charge on any atom is -0.455 e. The van der Waals surface area contributed by atoms with Gasteiger partial charge in [-0.25, -0.2) is 4.79 Å². The summed E-state index contributed by atoms with van der Waals surface area (Å²) in [5.41, 5.74) is -1.58. The fraction of sp³-hybridized carbons (Fsp3) is 0.739. The molecule has 31 heavy (non-hydrogen) atoms. The Morgan fingerprint density at radius 2 is 1.68 bits per heavy atom. The summed E-state index contributed by atoms with van der Waals surface area (Å²) in [4.78, 5) is 50.6. The van der Waals surface area contributed by atoms with Crippen LogP contribution in [0, 0.1) is 23.7 Å². The Balaban J connectivity index is 2.58. The molecule has 0 spiro atoms. The summed E-state index contributed by atoms with van der Waals surface area (Å²) in [6.45, 7) is 13.6. The fourth-order valence-electron chi connectivity index (χ4n) is 3.92. The molecule has 0 bridgehead atoms. The number of esters is 3. The van der Waals surface area contributed by atoms with Crippen LogP contribution in [-0.4, -0.2) is 52.7 Å². The Morgan fingerprint density at radius 3 is 2.23 bits per heavy atom. The number of aliphatic hydroxyl groups is 1. The second kappa shape index (κ2) is 9.51. The number of Topliss-reactive ketones (excluding diaryl/α,β-unsaturated/α-hetero) is 1. The van der Waals surface area contributed by atoms with Gasteiger partial charge in [-0.15, -0.1) is 0 Å². The van der Waals surface area contributed by atoms with Gasteiger partial charge in [0, 0.05) is 11.5 Å². The fourth-order valence-corrected chi connectivity index (χ4v) is 3.92. The molecule has 1 heterocycles. The van der Waals surface area contributed by atoms with Gasteiger partial charge >= 0.3 is 17.9 Å². The van der Waals surface area contributed by atoms with E-state index in [-0.39, 0.29) is 17.8 Å². The van der Waals surface area contributed by atoms with Gasteiger partial charge in [0.15, 0.2) is 24.1 Å². The monoisotopic (exact) mass is 438 g/mol. The number of fused-ring (bicyclic) bond motifs is 1. The summed E-state index contributed by atoms with van der Waals surface area (Å²) < 4.78 is 16.7. The summed E-state index contributed by atoms with van der Waals surface area (Å²) in [5.74, 6) is -4.83. The first kappa shape index (κ1) is 25.0. The lowest BCUT2D eigenvalue weighted by Crippen LogP contribution is -2.55. The molecule has 0 aromatic heterocycles. The molecule has 1 saturated heterocycles. The largest absolute Gasteiger partial charge is 0.455 e. The highest BCUT2D eigenvalue weighted by Crippen LogP contribution is 2.41. The minimum absolute atomic E-state index is 0.0472. The lowest BCUT2D eigenvalue weighted by molar-refractivity contribution is -0.196. The maximum absolute atomic E-state index is 13.3. The second-order valence-electron chi connectivity index (χ2n) is 9.50. The minimum atomic E-state index is -1.54. The quantitative estimate of drug-likeness (QED) is 0.404. The molecule has 0 radical (unpaired) electrons. The molecule has 2 fully saturated rings. The van der Waals surface area contributed by atoms with E-state index in [1.165, 1.54) is 6.92 Å². The van der Waals surface area contributed by atoms with Crippen molar-refractivity contribution in [2.75, 3.05) is 0 Å². The summed E-state index contributed by atoms with van der Waals surface area (Å²) >= 11 is 0. The third kappa shape index (κ3) is 5.34. The molecule has 2 aliphatic rings. The van der Waals surface area contributed by atoms with E-state index in [1.54, 1.807) is 34.6 Å². The van der Waals surface area contributed by atoms with Gasteiger partial charge in [0.1, 0.15) is 5.60 Å². The zero-order valence-electron chi connectivity index (χ0n) is 19.2. The first-order valence-electron chi connectivity index (χ1n) is 10.8. The summed E-state index contributed by atoms with van der Waals surface area (Å²) in [5, 5.41) is 11.2. The topological polar surface area (TPSA) is 116 Å². The van der Waals surface area contributed by atoms with Crippen molar-refractivity contribution < 1.29 is 38.5 Å². The van der Waals surface area contributed by atoms with Gasteiger partial charge in [-0.05, 0) is 26.2 Å². The van der Waals surface area contributed by atoms with Crippen LogP contribution in [0.2, 0.25) is 0 Å². The van der Waals surface area contributed by atoms with E-state index in [4.69, 9.17) is 14.2 Å². The SMILES string of the molecule is C=C1C(=O)O[C@@H]2[C@@H]1[C@H](OC(=O)C(C)C)C(=O)[C@@H](C)CCC[C@@](C)(O)[C@H]2OC(=O)C(C)C. The number of hydrogen-bond acceptors (Lipinski definition) is 8. The second-order valence-corrected chi connectivity index (χ2v) is 9.50. The molecule has 1 saturated carbocycles. The van der Waals surface area contributed by atoms with Gasteiger partial charge in [-0.2, -0.15) is 0 Å². The van der Waals surface area contributed by atoms with E-state index < -0.39 is 65.5 Å². The van der Waals surface area contributed by atoms with Crippen molar-refractivity contribution in [3.63, 3.8) is 0 Å². The van der Waals surface area contributed by atoms with E-state index in [9.17, 15) is 24.3 Å². The third-order valence-electron chi connectivity index (χ3n) is 6.01. The Bertz CT molecular complexity index is 751. The average molecular weight is 439 g/mol. The third-order valence-corrected chi connectivity index (χ3v) is 6.01. The molecule has 2 rings (SSSR count). The number of hydrogen-bond donors (Lipinski definition) is 1. The number of carbonyl (C=O) groups is 4. The van der Waals surface area contributed by atoms with Crippen molar-refractivity contribution >= 4 is 23.7 Å². The zero-order chi connectivity index (χ0) is 23.7. The Hall–Kier alpha value is -2.22. The molecule has 8 heteroatoms.